The highest BCUT2D eigenvalue weighted by Crippen LogP contribution is 2.37. The molecule has 2 aromatic heterocycles. The Morgan fingerprint density at radius 2 is 0.698 bits per heavy atom. The van der Waals surface area contributed by atoms with Crippen molar-refractivity contribution in [2.45, 2.75) is 9.79 Å². The van der Waals surface area contributed by atoms with Crippen molar-refractivity contribution in [2.24, 2.45) is 0 Å². The van der Waals surface area contributed by atoms with Gasteiger partial charge >= 0.3 is 0 Å². The third-order valence-electron chi connectivity index (χ3n) is 10.3. The van der Waals surface area contributed by atoms with E-state index in [1.807, 2.05) is 121 Å². The number of aromatic nitrogens is 4. The summed E-state index contributed by atoms with van der Waals surface area (Å²) in [5, 5.41) is 0. The fraction of sp³-hybridized carbons (Fsp3) is 0. The van der Waals surface area contributed by atoms with Crippen molar-refractivity contribution < 1.29 is 9.47 Å². The Hall–Kier alpha value is -8.49. The molecule has 0 aliphatic heterocycles. The minimum atomic E-state index is 0.651. The minimum Gasteiger partial charge on any atom is -0.457 e. The summed E-state index contributed by atoms with van der Waals surface area (Å²) in [6, 6.07) is 63.7. The van der Waals surface area contributed by atoms with Crippen LogP contribution in [-0.4, -0.2) is 19.9 Å². The summed E-state index contributed by atoms with van der Waals surface area (Å²) in [5.74, 6) is 7.94. The fourth-order valence-corrected chi connectivity index (χ4v) is 8.08. The lowest BCUT2D eigenvalue weighted by atomic mass is 10.0. The third kappa shape index (κ3) is 8.46. The highest BCUT2D eigenvalue weighted by Gasteiger charge is 2.17. The second kappa shape index (κ2) is 17.2. The molecule has 0 radical (unpaired) electrons. The van der Waals surface area contributed by atoms with Crippen molar-refractivity contribution in [3.8, 4) is 92.7 Å². The lowest BCUT2D eigenvalue weighted by Crippen LogP contribution is -1.96. The van der Waals surface area contributed by atoms with Crippen LogP contribution in [0, 0.1) is 24.7 Å². The molecule has 0 fully saturated rings. The van der Waals surface area contributed by atoms with Gasteiger partial charge in [-0.25, -0.2) is 19.9 Å². The Labute approximate surface area is 369 Å². The van der Waals surface area contributed by atoms with Gasteiger partial charge in [-0.3, -0.25) is 0 Å². The average molecular weight is 827 g/mol. The molecule has 6 nitrogen and oxygen atoms in total. The summed E-state index contributed by atoms with van der Waals surface area (Å²) in [6.45, 7) is 0. The monoisotopic (exact) mass is 826 g/mol. The Kier molecular flexibility index (Phi) is 10.6. The number of hydrogen-bond donors (Lipinski definition) is 0. The van der Waals surface area contributed by atoms with E-state index >= 15 is 0 Å². The Morgan fingerprint density at radius 3 is 1.10 bits per heavy atom. The molecule has 8 aromatic carbocycles. The van der Waals surface area contributed by atoms with E-state index in [0.29, 0.717) is 23.0 Å². The van der Waals surface area contributed by atoms with Crippen LogP contribution in [0.3, 0.4) is 0 Å². The summed E-state index contributed by atoms with van der Waals surface area (Å²) in [4.78, 5) is 22.8. The van der Waals surface area contributed by atoms with Crippen LogP contribution in [0.1, 0.15) is 11.1 Å². The zero-order valence-corrected chi connectivity index (χ0v) is 34.5. The van der Waals surface area contributed by atoms with Gasteiger partial charge in [0, 0.05) is 55.3 Å². The van der Waals surface area contributed by atoms with Gasteiger partial charge in [0.1, 0.15) is 23.0 Å². The second-order valence-electron chi connectivity index (χ2n) is 14.6. The molecule has 0 saturated heterocycles. The van der Waals surface area contributed by atoms with E-state index in [1.54, 1.807) is 11.8 Å². The van der Waals surface area contributed by atoms with Crippen LogP contribution in [-0.2, 0) is 0 Å². The van der Waals surface area contributed by atoms with Gasteiger partial charge in [0.15, 0.2) is 0 Å². The van der Waals surface area contributed by atoms with Crippen molar-refractivity contribution in [3.63, 3.8) is 0 Å². The fourth-order valence-electron chi connectivity index (χ4n) is 7.26. The second-order valence-corrected chi connectivity index (χ2v) is 15.7. The normalized spacial score (nSPS) is 10.9. The Bertz CT molecular complexity index is 3150. The Morgan fingerprint density at radius 1 is 0.333 bits per heavy atom. The van der Waals surface area contributed by atoms with E-state index in [1.165, 1.54) is 0 Å². The van der Waals surface area contributed by atoms with E-state index in [4.69, 9.17) is 42.3 Å². The van der Waals surface area contributed by atoms with Crippen LogP contribution in [0.4, 0.5) is 0 Å². The maximum atomic E-state index is 6.16. The number of ether oxygens (including phenoxy) is 2. The maximum absolute atomic E-state index is 6.16. The van der Waals surface area contributed by atoms with Crippen LogP contribution in [0.25, 0.3) is 67.1 Å². The van der Waals surface area contributed by atoms with Crippen molar-refractivity contribution in [1.29, 1.82) is 0 Å². The largest absolute Gasteiger partial charge is 0.457 e. The molecular weight excluding hydrogens is 793 g/mol. The lowest BCUT2D eigenvalue weighted by molar-refractivity contribution is 0.483. The molecule has 63 heavy (non-hydrogen) atoms. The molecule has 0 atom stereocenters. The quantitative estimate of drug-likeness (QED) is 0.127. The molecule has 0 aliphatic carbocycles. The molecule has 296 valence electrons. The summed E-state index contributed by atoms with van der Waals surface area (Å²) in [7, 11) is 0. The highest BCUT2D eigenvalue weighted by molar-refractivity contribution is 7.99. The summed E-state index contributed by atoms with van der Waals surface area (Å²) < 4.78 is 12.3. The van der Waals surface area contributed by atoms with Gasteiger partial charge in [-0.2, -0.15) is 0 Å². The molecule has 0 N–H and O–H groups in total. The van der Waals surface area contributed by atoms with Gasteiger partial charge in [0.25, 0.3) is 0 Å². The zero-order valence-electron chi connectivity index (χ0n) is 33.6. The van der Waals surface area contributed by atoms with Gasteiger partial charge in [0.05, 0.1) is 44.8 Å². The van der Waals surface area contributed by atoms with E-state index in [-0.39, 0.29) is 0 Å². The molecule has 0 spiro atoms. The molecule has 0 aliphatic rings. The number of benzene rings is 8. The standard InChI is InChI=1S/C56H34N4O2S/c1-3-37-13-11-19-43(33-37)61-45-25-31-49-51(35-45)59-53(39-15-7-5-8-16-39)55(57-49)41-21-27-47(28-22-41)63-48-29-23-42(24-30-48)56-54(40-17-9-6-10-18-40)60-52-36-46(26-32-50(52)58-56)62-44-20-12-14-38(4-2)34-44/h1-2,5-36H. The first kappa shape index (κ1) is 38.7. The highest BCUT2D eigenvalue weighted by atomic mass is 32.2. The van der Waals surface area contributed by atoms with Gasteiger partial charge in [-0.15, -0.1) is 12.8 Å². The number of rotatable bonds is 10. The van der Waals surface area contributed by atoms with Crippen LogP contribution >= 0.6 is 11.8 Å². The van der Waals surface area contributed by atoms with Crippen molar-refractivity contribution >= 4 is 33.8 Å². The molecule has 0 amide bonds. The molecule has 2 heterocycles. The van der Waals surface area contributed by atoms with Crippen LogP contribution in [0.15, 0.2) is 204 Å². The summed E-state index contributed by atoms with van der Waals surface area (Å²) in [6.07, 6.45) is 11.2. The van der Waals surface area contributed by atoms with E-state index in [0.717, 1.165) is 88.0 Å². The molecule has 0 bridgehead atoms. The Balaban J connectivity index is 0.914. The van der Waals surface area contributed by atoms with Gasteiger partial charge in [0.2, 0.25) is 0 Å². The summed E-state index contributed by atoms with van der Waals surface area (Å²) in [5.41, 5.74) is 11.6. The number of nitrogens with zero attached hydrogens (tertiary/aromatic N) is 4. The van der Waals surface area contributed by atoms with Crippen molar-refractivity contribution in [2.75, 3.05) is 0 Å². The molecule has 0 unspecified atom stereocenters. The molecule has 0 saturated carbocycles. The minimum absolute atomic E-state index is 0.651. The van der Waals surface area contributed by atoms with Gasteiger partial charge < -0.3 is 9.47 Å². The average Bonchev–Trinajstić information content (AvgIpc) is 3.34. The van der Waals surface area contributed by atoms with Gasteiger partial charge in [-0.1, -0.05) is 121 Å². The lowest BCUT2D eigenvalue weighted by Gasteiger charge is -2.13. The molecular formula is C56H34N4O2S. The first-order chi connectivity index (χ1) is 31.0. The SMILES string of the molecule is C#Cc1cccc(Oc2ccc3nc(-c4ccc(Sc5ccc(-c6nc7ccc(Oc8cccc(C#C)c8)cc7nc6-c6ccccc6)cc5)cc4)c(-c4ccccc4)nc3c2)c1. The van der Waals surface area contributed by atoms with E-state index < -0.39 is 0 Å². The molecule has 7 heteroatoms. The van der Waals surface area contributed by atoms with Crippen molar-refractivity contribution in [1.82, 2.24) is 19.9 Å². The summed E-state index contributed by atoms with van der Waals surface area (Å²) >= 11 is 1.69. The van der Waals surface area contributed by atoms with Crippen LogP contribution in [0.2, 0.25) is 0 Å². The third-order valence-corrected chi connectivity index (χ3v) is 11.3. The number of terminal acetylenes is 2. The first-order valence-electron chi connectivity index (χ1n) is 20.2. The van der Waals surface area contributed by atoms with Crippen molar-refractivity contribution in [3.05, 3.63) is 205 Å². The van der Waals surface area contributed by atoms with Gasteiger partial charge in [-0.05, 0) is 84.9 Å². The topological polar surface area (TPSA) is 70.0 Å². The number of hydrogen-bond acceptors (Lipinski definition) is 7. The van der Waals surface area contributed by atoms with Crippen LogP contribution < -0.4 is 9.47 Å². The first-order valence-corrected chi connectivity index (χ1v) is 21.0. The van der Waals surface area contributed by atoms with E-state index in [2.05, 4.69) is 84.6 Å². The molecule has 10 aromatic rings. The smallest absolute Gasteiger partial charge is 0.129 e. The van der Waals surface area contributed by atoms with Crippen LogP contribution in [0.5, 0.6) is 23.0 Å². The maximum Gasteiger partial charge on any atom is 0.129 e. The zero-order chi connectivity index (χ0) is 42.5. The molecule has 10 rings (SSSR count). The number of fused-ring (bicyclic) bond motifs is 2. The van der Waals surface area contributed by atoms with E-state index in [9.17, 15) is 0 Å². The predicted octanol–water partition coefficient (Wildman–Crippen LogP) is 13.9. The predicted molar refractivity (Wildman–Crippen MR) is 254 cm³/mol.